The molecular weight excluding hydrogens is 915 g/mol. The Morgan fingerprint density at radius 3 is 1.44 bits per heavy atom. The highest BCUT2D eigenvalue weighted by atomic mass is 32.3. The number of hydrogen-bond acceptors (Lipinski definition) is 11. The number of pyridine rings is 2. The summed E-state index contributed by atoms with van der Waals surface area (Å²) in [7, 11) is -12.4. The minimum Gasteiger partial charge on any atom is -0.400 e. The number of hydrogen-bond donors (Lipinski definition) is 2. The third-order valence-corrected chi connectivity index (χ3v) is 14.9. The molecule has 0 aliphatic carbocycles. The van der Waals surface area contributed by atoms with Gasteiger partial charge in [-0.1, -0.05) is 32.9 Å². The van der Waals surface area contributed by atoms with Gasteiger partial charge < -0.3 is 5.11 Å². The Bertz CT molecular complexity index is 3030. The summed E-state index contributed by atoms with van der Waals surface area (Å²) in [6, 6.07) is 15.1. The van der Waals surface area contributed by atoms with Gasteiger partial charge in [0.15, 0.2) is 46.5 Å². The van der Waals surface area contributed by atoms with Crippen molar-refractivity contribution < 1.29 is 66.3 Å². The molecule has 342 valence electrons. The summed E-state index contributed by atoms with van der Waals surface area (Å²) >= 11 is 0. The van der Waals surface area contributed by atoms with Crippen molar-refractivity contribution in [3.8, 4) is 0 Å². The number of anilines is 2. The normalized spacial score (nSPS) is 11.6. The number of aliphatic hydroxyl groups excluding tert-OH is 1. The van der Waals surface area contributed by atoms with Crippen molar-refractivity contribution >= 4 is 74.8 Å². The highest BCUT2D eigenvalue weighted by Gasteiger charge is 2.38. The largest absolute Gasteiger partial charge is 0.400 e. The third-order valence-electron chi connectivity index (χ3n) is 8.84. The number of rotatable bonds is 15. The van der Waals surface area contributed by atoms with Crippen molar-refractivity contribution in [3.05, 3.63) is 142 Å². The van der Waals surface area contributed by atoms with Gasteiger partial charge in [0.25, 0.3) is 0 Å². The van der Waals surface area contributed by atoms with Crippen molar-refractivity contribution in [2.45, 2.75) is 40.0 Å². The average Bonchev–Trinajstić information content (AvgIpc) is 3.25. The Balaban J connectivity index is 0.000000275. The van der Waals surface area contributed by atoms with Gasteiger partial charge in [-0.05, 0) is 67.8 Å². The van der Waals surface area contributed by atoms with Gasteiger partial charge in [0.1, 0.15) is 5.69 Å². The van der Waals surface area contributed by atoms with Crippen LogP contribution in [0.2, 0.25) is 0 Å². The topological polar surface area (TPSA) is 198 Å². The van der Waals surface area contributed by atoms with Gasteiger partial charge in [0.05, 0.1) is 45.1 Å². The number of ketones is 2. The third kappa shape index (κ3) is 11.2. The van der Waals surface area contributed by atoms with E-state index in [0.29, 0.717) is 27.9 Å². The first-order valence-corrected chi connectivity index (χ1v) is 23.9. The molecule has 0 aliphatic rings. The van der Waals surface area contributed by atoms with Crippen LogP contribution >= 0.6 is 0 Å². The summed E-state index contributed by atoms with van der Waals surface area (Å²) in [6.07, 6.45) is 3.23. The number of nitrogens with zero attached hydrogens (tertiary/aromatic N) is 3. The zero-order valence-corrected chi connectivity index (χ0v) is 36.8. The summed E-state index contributed by atoms with van der Waals surface area (Å²) < 4.78 is 164. The van der Waals surface area contributed by atoms with E-state index in [-0.39, 0.29) is 45.9 Å². The molecule has 0 saturated carbocycles. The maximum atomic E-state index is 15.5. The van der Waals surface area contributed by atoms with Crippen molar-refractivity contribution in [2.75, 3.05) is 32.8 Å². The number of nitrogens with one attached hydrogen (secondary N) is 1. The number of carbonyl (C=O) groups excluding carboxylic acids is 2. The Hall–Kier alpha value is -5.97. The van der Waals surface area contributed by atoms with E-state index in [1.54, 1.807) is 37.4 Å². The van der Waals surface area contributed by atoms with Gasteiger partial charge in [-0.2, -0.15) is 3.71 Å². The molecule has 0 radical (unpaired) electrons. The van der Waals surface area contributed by atoms with E-state index in [0.717, 1.165) is 7.11 Å². The number of sulfonamides is 3. The van der Waals surface area contributed by atoms with Crippen molar-refractivity contribution in [2.24, 2.45) is 0 Å². The first-order chi connectivity index (χ1) is 30.2. The standard InChI is InChI=1S/C22H21F3N2O5S2.C19H15F3N2O3S.CH4O/c1-3-10-33(29,30)27(34(31,32)11-4-2)18-13-16(23)20(24)19(21(18)25)22(28)15-7-8-17-14(12-15)6-5-9-26-17;1-2-8-28(26,27)24-15-10-13(20)17(21)16(18(15)22)19(25)12-5-6-14-11(9-12)4-3-7-23-14;1-2/h5-9,12-13H,3-4,10-11H2,1-2H3;3-7,9-10,24H,2,8H2,1H3;2H,1H3. The molecule has 0 aliphatic heterocycles. The van der Waals surface area contributed by atoms with Crippen molar-refractivity contribution in [1.29, 1.82) is 0 Å². The van der Waals surface area contributed by atoms with Crippen LogP contribution in [0.15, 0.2) is 85.2 Å². The molecule has 0 amide bonds. The Morgan fingerprint density at radius 1 is 0.578 bits per heavy atom. The molecule has 0 saturated heterocycles. The van der Waals surface area contributed by atoms with Gasteiger partial charge >= 0.3 is 0 Å². The Labute approximate surface area is 364 Å². The fraction of sp³-hybridized carbons (Fsp3) is 0.238. The van der Waals surface area contributed by atoms with Crippen LogP contribution in [-0.4, -0.2) is 76.3 Å². The Kier molecular flexibility index (Phi) is 16.7. The Morgan fingerprint density at radius 2 is 1.00 bits per heavy atom. The zero-order valence-electron chi connectivity index (χ0n) is 34.4. The molecule has 64 heavy (non-hydrogen) atoms. The van der Waals surface area contributed by atoms with Crippen molar-refractivity contribution in [1.82, 2.24) is 9.97 Å². The molecule has 4 aromatic carbocycles. The molecule has 0 atom stereocenters. The number of fused-ring (bicyclic) bond motifs is 2. The van der Waals surface area contributed by atoms with E-state index in [2.05, 4.69) is 9.97 Å². The molecule has 0 spiro atoms. The number of aliphatic hydroxyl groups is 1. The van der Waals surface area contributed by atoms with E-state index < -0.39 is 111 Å². The predicted octanol–water partition coefficient (Wildman–Crippen LogP) is 7.81. The monoisotopic (exact) mass is 954 g/mol. The molecule has 22 heteroatoms. The maximum absolute atomic E-state index is 15.5. The van der Waals surface area contributed by atoms with Crippen LogP contribution in [-0.2, 0) is 30.1 Å². The van der Waals surface area contributed by atoms with Gasteiger partial charge in [0, 0.05) is 53.5 Å². The molecule has 2 N–H and O–H groups in total. The predicted molar refractivity (Wildman–Crippen MR) is 229 cm³/mol. The van der Waals surface area contributed by atoms with E-state index >= 15 is 4.39 Å². The first kappa shape index (κ1) is 50.7. The smallest absolute Gasteiger partial charge is 0.248 e. The molecule has 6 rings (SSSR count). The van der Waals surface area contributed by atoms with Crippen LogP contribution in [0.25, 0.3) is 21.8 Å². The fourth-order valence-corrected chi connectivity index (χ4v) is 11.3. The van der Waals surface area contributed by atoms with E-state index in [1.165, 1.54) is 56.4 Å². The van der Waals surface area contributed by atoms with E-state index in [1.807, 2.05) is 4.72 Å². The lowest BCUT2D eigenvalue weighted by atomic mass is 9.99. The molecule has 0 bridgehead atoms. The maximum Gasteiger partial charge on any atom is 0.248 e. The quantitative estimate of drug-likeness (QED) is 0.0578. The molecule has 2 aromatic heterocycles. The lowest BCUT2D eigenvalue weighted by molar-refractivity contribution is 0.102. The zero-order chi connectivity index (χ0) is 47.7. The van der Waals surface area contributed by atoms with Crippen LogP contribution in [0.3, 0.4) is 0 Å². The van der Waals surface area contributed by atoms with Crippen molar-refractivity contribution in [3.63, 3.8) is 0 Å². The summed E-state index contributed by atoms with van der Waals surface area (Å²) in [4.78, 5) is 33.9. The van der Waals surface area contributed by atoms with E-state index in [4.69, 9.17) is 5.11 Å². The molecule has 2 heterocycles. The van der Waals surface area contributed by atoms with Gasteiger partial charge in [-0.15, -0.1) is 0 Å². The highest BCUT2D eigenvalue weighted by molar-refractivity contribution is 8.10. The summed E-state index contributed by atoms with van der Waals surface area (Å²) in [5, 5.41) is 8.01. The van der Waals surface area contributed by atoms with Crippen LogP contribution in [0, 0.1) is 34.9 Å². The molecule has 0 unspecified atom stereocenters. The molecule has 13 nitrogen and oxygen atoms in total. The van der Waals surface area contributed by atoms with Crippen LogP contribution < -0.4 is 8.43 Å². The summed E-state index contributed by atoms with van der Waals surface area (Å²) in [6.45, 7) is 4.49. The van der Waals surface area contributed by atoms with Crippen LogP contribution in [0.5, 0.6) is 0 Å². The van der Waals surface area contributed by atoms with Gasteiger partial charge in [-0.3, -0.25) is 24.3 Å². The second kappa shape index (κ2) is 21.1. The van der Waals surface area contributed by atoms with Gasteiger partial charge in [0.2, 0.25) is 30.1 Å². The SMILES string of the molecule is CCCS(=O)(=O)N(c1cc(F)c(F)c(C(=O)c2ccc3ncccc3c2)c1F)S(=O)(=O)CCC.CCCS(=O)(=O)Nc1cc(F)c(F)c(C(=O)c2ccc3ncccc3c2)c1F.CO. The highest BCUT2D eigenvalue weighted by Crippen LogP contribution is 2.34. The lowest BCUT2D eigenvalue weighted by Crippen LogP contribution is -2.40. The number of aromatic nitrogens is 2. The second-order valence-electron chi connectivity index (χ2n) is 13.5. The fourth-order valence-electron chi connectivity index (χ4n) is 6.16. The number of halogens is 6. The minimum atomic E-state index is -4.70. The van der Waals surface area contributed by atoms with Crippen LogP contribution in [0.4, 0.5) is 37.7 Å². The molecule has 0 fully saturated rings. The minimum absolute atomic E-state index is 0.0251. The van der Waals surface area contributed by atoms with E-state index in [9.17, 15) is 56.8 Å². The number of benzene rings is 4. The molecule has 6 aromatic rings. The number of carbonyl (C=O) groups is 2. The average molecular weight is 955 g/mol. The lowest BCUT2D eigenvalue weighted by Gasteiger charge is -2.25. The summed E-state index contributed by atoms with van der Waals surface area (Å²) in [5.74, 6) is -14.3. The van der Waals surface area contributed by atoms with Gasteiger partial charge in [-0.25, -0.2) is 51.6 Å². The summed E-state index contributed by atoms with van der Waals surface area (Å²) in [5.41, 5.74) is -3.93. The first-order valence-electron chi connectivity index (χ1n) is 19.0. The van der Waals surface area contributed by atoms with Crippen LogP contribution in [0.1, 0.15) is 71.9 Å². The molecular formula is C42H40F6N4O9S3. The second-order valence-corrected chi connectivity index (χ2v) is 19.5.